The van der Waals surface area contributed by atoms with Gasteiger partial charge in [-0.25, -0.2) is 4.79 Å². The van der Waals surface area contributed by atoms with Crippen LogP contribution in [-0.4, -0.2) is 23.9 Å². The molecule has 1 unspecified atom stereocenters. The number of imide groups is 1. The third-order valence-electron chi connectivity index (χ3n) is 3.88. The molecule has 3 amide bonds. The third-order valence-corrected chi connectivity index (χ3v) is 3.88. The number of methoxy groups -OCH3 is 1. The van der Waals surface area contributed by atoms with E-state index in [1.54, 1.807) is 30.3 Å². The zero-order chi connectivity index (χ0) is 17.1. The fourth-order valence-corrected chi connectivity index (χ4v) is 2.66. The lowest BCUT2D eigenvalue weighted by molar-refractivity contribution is -0.128. The minimum absolute atomic E-state index is 0.104. The van der Waals surface area contributed by atoms with Crippen LogP contribution in [-0.2, 0) is 11.3 Å². The summed E-state index contributed by atoms with van der Waals surface area (Å²) in [7, 11) is 1.48. The summed E-state index contributed by atoms with van der Waals surface area (Å²) in [6.07, 6.45) is 0. The van der Waals surface area contributed by atoms with Crippen LogP contribution in [0.2, 0.25) is 0 Å². The Morgan fingerprint density at radius 3 is 2.62 bits per heavy atom. The van der Waals surface area contributed by atoms with Gasteiger partial charge in [-0.15, -0.1) is 0 Å². The molecule has 6 nitrogen and oxygen atoms in total. The molecule has 1 saturated heterocycles. The molecule has 24 heavy (non-hydrogen) atoms. The number of benzene rings is 2. The van der Waals surface area contributed by atoms with Gasteiger partial charge in [-0.1, -0.05) is 36.4 Å². The van der Waals surface area contributed by atoms with Crippen LogP contribution in [0.25, 0.3) is 0 Å². The lowest BCUT2D eigenvalue weighted by atomic mass is 10.1. The van der Waals surface area contributed by atoms with Gasteiger partial charge in [0, 0.05) is 0 Å². The minimum Gasteiger partial charge on any atom is -0.495 e. The molecule has 2 aromatic carbocycles. The van der Waals surface area contributed by atoms with Gasteiger partial charge in [0.05, 0.1) is 19.2 Å². The van der Waals surface area contributed by atoms with Crippen LogP contribution in [0.1, 0.15) is 22.7 Å². The van der Waals surface area contributed by atoms with Crippen molar-refractivity contribution in [2.45, 2.75) is 12.6 Å². The summed E-state index contributed by atoms with van der Waals surface area (Å²) in [5, 5.41) is 11.8. The number of amides is 3. The van der Waals surface area contributed by atoms with Crippen molar-refractivity contribution < 1.29 is 14.3 Å². The lowest BCUT2D eigenvalue weighted by Gasteiger charge is -2.14. The number of urea groups is 1. The number of rotatable bonds is 4. The Labute approximate surface area is 139 Å². The number of hydrogen-bond donors (Lipinski definition) is 1. The molecule has 120 valence electrons. The number of hydrogen-bond acceptors (Lipinski definition) is 4. The lowest BCUT2D eigenvalue weighted by Crippen LogP contribution is -2.30. The van der Waals surface area contributed by atoms with Crippen molar-refractivity contribution in [2.75, 3.05) is 7.11 Å². The molecule has 6 heteroatoms. The maximum atomic E-state index is 12.6. The predicted molar refractivity (Wildman–Crippen MR) is 86.0 cm³/mol. The molecule has 0 bridgehead atoms. The first-order valence-electron chi connectivity index (χ1n) is 7.38. The van der Waals surface area contributed by atoms with E-state index in [9.17, 15) is 9.59 Å². The number of ether oxygens (including phenoxy) is 1. The minimum atomic E-state index is -0.674. The smallest absolute Gasteiger partial charge is 0.325 e. The van der Waals surface area contributed by atoms with E-state index in [0.29, 0.717) is 16.9 Å². The van der Waals surface area contributed by atoms with Gasteiger partial charge in [-0.05, 0) is 23.3 Å². The Bertz CT molecular complexity index is 827. The average molecular weight is 321 g/mol. The van der Waals surface area contributed by atoms with Crippen molar-refractivity contribution in [2.24, 2.45) is 0 Å². The maximum Gasteiger partial charge on any atom is 0.325 e. The normalized spacial score (nSPS) is 16.7. The topological polar surface area (TPSA) is 82.4 Å². The van der Waals surface area contributed by atoms with Crippen LogP contribution in [0.5, 0.6) is 5.75 Å². The Balaban J connectivity index is 1.82. The first kappa shape index (κ1) is 15.6. The molecule has 0 aliphatic carbocycles. The summed E-state index contributed by atoms with van der Waals surface area (Å²) in [5.74, 6) is 0.154. The molecule has 1 aliphatic heterocycles. The van der Waals surface area contributed by atoms with E-state index in [4.69, 9.17) is 10.00 Å². The van der Waals surface area contributed by atoms with Crippen LogP contribution in [0.3, 0.4) is 0 Å². The molecule has 1 aliphatic rings. The molecule has 2 aromatic rings. The zero-order valence-corrected chi connectivity index (χ0v) is 13.0. The van der Waals surface area contributed by atoms with E-state index < -0.39 is 12.1 Å². The number of nitrogens with one attached hydrogen (secondary N) is 1. The Morgan fingerprint density at radius 1 is 1.21 bits per heavy atom. The van der Waals surface area contributed by atoms with Gasteiger partial charge in [0.2, 0.25) is 0 Å². The predicted octanol–water partition coefficient (Wildman–Crippen LogP) is 2.36. The van der Waals surface area contributed by atoms with Crippen molar-refractivity contribution in [1.29, 1.82) is 5.26 Å². The Morgan fingerprint density at radius 2 is 1.96 bits per heavy atom. The Hall–Kier alpha value is -3.33. The standard InChI is InChI=1S/C18H15N3O3/c1-24-15-8-7-12(9-14(15)10-19)11-21-17(22)16(20-18(21)23)13-5-3-2-4-6-13/h2-9,16H,11H2,1H3,(H,20,23). The van der Waals surface area contributed by atoms with E-state index >= 15 is 0 Å². The maximum absolute atomic E-state index is 12.6. The van der Waals surface area contributed by atoms with Crippen molar-refractivity contribution in [3.8, 4) is 11.8 Å². The molecule has 3 rings (SSSR count). The van der Waals surface area contributed by atoms with Crippen LogP contribution in [0.15, 0.2) is 48.5 Å². The van der Waals surface area contributed by atoms with E-state index in [0.717, 1.165) is 10.5 Å². The highest BCUT2D eigenvalue weighted by molar-refractivity contribution is 6.04. The van der Waals surface area contributed by atoms with Crippen molar-refractivity contribution in [1.82, 2.24) is 10.2 Å². The summed E-state index contributed by atoms with van der Waals surface area (Å²) >= 11 is 0. The second-order valence-electron chi connectivity index (χ2n) is 5.36. The SMILES string of the molecule is COc1ccc(CN2C(=O)NC(c3ccccc3)C2=O)cc1C#N. The molecule has 1 heterocycles. The summed E-state index contributed by atoms with van der Waals surface area (Å²) in [5.41, 5.74) is 1.79. The van der Waals surface area contributed by atoms with Gasteiger partial charge in [-0.3, -0.25) is 9.69 Å². The second kappa shape index (κ2) is 6.42. The first-order chi connectivity index (χ1) is 11.6. The van der Waals surface area contributed by atoms with Crippen LogP contribution in [0.4, 0.5) is 4.79 Å². The largest absolute Gasteiger partial charge is 0.495 e. The molecule has 1 atom stereocenters. The monoisotopic (exact) mass is 321 g/mol. The highest BCUT2D eigenvalue weighted by Gasteiger charge is 2.38. The molecule has 0 spiro atoms. The molecular formula is C18H15N3O3. The number of carbonyl (C=O) groups is 2. The number of nitrogens with zero attached hydrogens (tertiary/aromatic N) is 2. The van der Waals surface area contributed by atoms with Gasteiger partial charge in [0.15, 0.2) is 0 Å². The van der Waals surface area contributed by atoms with Gasteiger partial charge in [0.1, 0.15) is 17.9 Å². The fourth-order valence-electron chi connectivity index (χ4n) is 2.66. The van der Waals surface area contributed by atoms with E-state index in [1.165, 1.54) is 7.11 Å². The molecule has 0 saturated carbocycles. The van der Waals surface area contributed by atoms with E-state index in [2.05, 4.69) is 5.32 Å². The van der Waals surface area contributed by atoms with Gasteiger partial charge >= 0.3 is 6.03 Å². The van der Waals surface area contributed by atoms with Crippen LogP contribution < -0.4 is 10.1 Å². The quantitative estimate of drug-likeness (QED) is 0.876. The Kier molecular flexibility index (Phi) is 4.17. The second-order valence-corrected chi connectivity index (χ2v) is 5.36. The third kappa shape index (κ3) is 2.79. The van der Waals surface area contributed by atoms with Crippen LogP contribution in [0, 0.1) is 11.3 Å². The zero-order valence-electron chi connectivity index (χ0n) is 13.0. The molecule has 1 N–H and O–H groups in total. The van der Waals surface area contributed by atoms with Crippen LogP contribution >= 0.6 is 0 Å². The number of nitriles is 1. The van der Waals surface area contributed by atoms with Gasteiger partial charge in [-0.2, -0.15) is 5.26 Å². The molecule has 0 radical (unpaired) electrons. The summed E-state index contributed by atoms with van der Waals surface area (Å²) in [4.78, 5) is 25.9. The fraction of sp³-hybridized carbons (Fsp3) is 0.167. The van der Waals surface area contributed by atoms with E-state index in [1.807, 2.05) is 24.3 Å². The van der Waals surface area contributed by atoms with Crippen molar-refractivity contribution in [3.05, 3.63) is 65.2 Å². The highest BCUT2D eigenvalue weighted by Crippen LogP contribution is 2.25. The molecular weight excluding hydrogens is 306 g/mol. The number of carbonyl (C=O) groups excluding carboxylic acids is 2. The van der Waals surface area contributed by atoms with Crippen molar-refractivity contribution in [3.63, 3.8) is 0 Å². The summed E-state index contributed by atoms with van der Waals surface area (Å²) < 4.78 is 5.10. The van der Waals surface area contributed by atoms with Crippen molar-refractivity contribution >= 4 is 11.9 Å². The van der Waals surface area contributed by atoms with Gasteiger partial charge in [0.25, 0.3) is 5.91 Å². The van der Waals surface area contributed by atoms with E-state index in [-0.39, 0.29) is 12.5 Å². The molecule has 0 aromatic heterocycles. The molecule has 1 fully saturated rings. The first-order valence-corrected chi connectivity index (χ1v) is 7.38. The van der Waals surface area contributed by atoms with Gasteiger partial charge < -0.3 is 10.1 Å². The highest BCUT2D eigenvalue weighted by atomic mass is 16.5. The summed E-state index contributed by atoms with van der Waals surface area (Å²) in [6.45, 7) is 0.104. The average Bonchev–Trinajstić information content (AvgIpc) is 2.90. The summed E-state index contributed by atoms with van der Waals surface area (Å²) in [6, 6.07) is 15.0.